The van der Waals surface area contributed by atoms with Crippen molar-refractivity contribution in [2.45, 2.75) is 12.1 Å². The van der Waals surface area contributed by atoms with Gasteiger partial charge in [0.25, 0.3) is 5.91 Å². The maximum Gasteiger partial charge on any atom is 0.323 e. The van der Waals surface area contributed by atoms with Crippen molar-refractivity contribution < 1.29 is 14.3 Å². The molecule has 2 N–H and O–H groups in total. The van der Waals surface area contributed by atoms with Crippen LogP contribution in [0.25, 0.3) is 0 Å². The van der Waals surface area contributed by atoms with Crippen molar-refractivity contribution in [3.63, 3.8) is 0 Å². The summed E-state index contributed by atoms with van der Waals surface area (Å²) in [6.07, 6.45) is 4.71. The van der Waals surface area contributed by atoms with Gasteiger partial charge < -0.3 is 24.3 Å². The molecule has 0 aliphatic carbocycles. The zero-order valence-electron chi connectivity index (χ0n) is 15.0. The summed E-state index contributed by atoms with van der Waals surface area (Å²) in [5.74, 6) is -0.225. The van der Waals surface area contributed by atoms with Crippen LogP contribution in [0.2, 0.25) is 0 Å². The van der Waals surface area contributed by atoms with E-state index < -0.39 is 5.69 Å². The van der Waals surface area contributed by atoms with Gasteiger partial charge >= 0.3 is 5.69 Å². The zero-order valence-corrected chi connectivity index (χ0v) is 15.0. The van der Waals surface area contributed by atoms with E-state index >= 15 is 0 Å². The molecule has 0 saturated carbocycles. The number of carbonyl (C=O) groups excluding carboxylic acids is 1. The molecular formula is C18H23N5O4. The van der Waals surface area contributed by atoms with E-state index in [9.17, 15) is 9.59 Å². The van der Waals surface area contributed by atoms with Crippen molar-refractivity contribution in [2.75, 3.05) is 46.0 Å². The van der Waals surface area contributed by atoms with Gasteiger partial charge in [-0.1, -0.05) is 6.07 Å². The van der Waals surface area contributed by atoms with Gasteiger partial charge in [0.1, 0.15) is 5.69 Å². The van der Waals surface area contributed by atoms with Gasteiger partial charge in [-0.15, -0.1) is 0 Å². The summed E-state index contributed by atoms with van der Waals surface area (Å²) in [4.78, 5) is 37.8. The topological polar surface area (TPSA) is 104 Å². The van der Waals surface area contributed by atoms with Crippen LogP contribution in [-0.2, 0) is 9.47 Å². The van der Waals surface area contributed by atoms with Gasteiger partial charge in [-0.2, -0.15) is 0 Å². The number of pyridine rings is 1. The first-order valence-electron chi connectivity index (χ1n) is 9.12. The number of H-pyrrole nitrogens is 2. The van der Waals surface area contributed by atoms with Crippen LogP contribution in [0.5, 0.6) is 0 Å². The third-order valence-corrected chi connectivity index (χ3v) is 5.01. The highest BCUT2D eigenvalue weighted by Gasteiger charge is 2.38. The highest BCUT2D eigenvalue weighted by atomic mass is 16.5. The zero-order chi connectivity index (χ0) is 18.6. The first-order chi connectivity index (χ1) is 13.2. The molecule has 4 heterocycles. The van der Waals surface area contributed by atoms with Crippen LogP contribution in [0.4, 0.5) is 0 Å². The number of carbonyl (C=O) groups is 1. The molecule has 0 spiro atoms. The molecule has 2 aromatic rings. The lowest BCUT2D eigenvalue weighted by molar-refractivity contribution is -0.0820. The molecule has 1 amide bonds. The molecule has 144 valence electrons. The Morgan fingerprint density at radius 1 is 1.26 bits per heavy atom. The van der Waals surface area contributed by atoms with Gasteiger partial charge in [-0.3, -0.25) is 14.7 Å². The third kappa shape index (κ3) is 3.95. The first-order valence-corrected chi connectivity index (χ1v) is 9.12. The Balaban J connectivity index is 1.62. The summed E-state index contributed by atoms with van der Waals surface area (Å²) < 4.78 is 11.5. The molecule has 0 unspecified atom stereocenters. The summed E-state index contributed by atoms with van der Waals surface area (Å²) in [7, 11) is 0. The number of ether oxygens (including phenoxy) is 2. The van der Waals surface area contributed by atoms with E-state index in [1.165, 1.54) is 6.20 Å². The quantitative estimate of drug-likeness (QED) is 0.783. The predicted molar refractivity (Wildman–Crippen MR) is 96.4 cm³/mol. The standard InChI is InChI=1S/C18H23N5O4/c24-17(14-11-20-18(25)21-14)23-6-9-27-15(12-22-4-7-26-8-5-22)16(23)13-2-1-3-19-10-13/h1-3,10-11,15-16H,4-9,12H2,(H2,20,21,25)/t15-,16-/m0/s1. The number of imidazole rings is 1. The fourth-order valence-electron chi connectivity index (χ4n) is 3.70. The normalized spacial score (nSPS) is 24.1. The van der Waals surface area contributed by atoms with Crippen molar-refractivity contribution in [1.29, 1.82) is 0 Å². The summed E-state index contributed by atoms with van der Waals surface area (Å²) in [6, 6.07) is 3.54. The van der Waals surface area contributed by atoms with Crippen molar-refractivity contribution in [3.8, 4) is 0 Å². The minimum atomic E-state index is -0.394. The molecule has 9 nitrogen and oxygen atoms in total. The number of morpholine rings is 2. The molecule has 2 aromatic heterocycles. The third-order valence-electron chi connectivity index (χ3n) is 5.01. The molecule has 2 atom stereocenters. The second-order valence-electron chi connectivity index (χ2n) is 6.71. The SMILES string of the molecule is O=C(c1c[nH]c(=O)[nH]1)N1CCO[C@@H](CN2CCOCC2)[C@@H]1c1cccnc1. The highest BCUT2D eigenvalue weighted by Crippen LogP contribution is 2.31. The smallest absolute Gasteiger partial charge is 0.323 e. The van der Waals surface area contributed by atoms with Crippen LogP contribution in [0.15, 0.2) is 35.5 Å². The van der Waals surface area contributed by atoms with Crippen LogP contribution in [0.1, 0.15) is 22.1 Å². The Morgan fingerprint density at radius 3 is 2.81 bits per heavy atom. The van der Waals surface area contributed by atoms with Crippen molar-refractivity contribution in [1.82, 2.24) is 24.8 Å². The second kappa shape index (κ2) is 8.03. The number of nitrogens with one attached hydrogen (secondary N) is 2. The predicted octanol–water partition coefficient (Wildman–Crippen LogP) is 0.0125. The van der Waals surface area contributed by atoms with Gasteiger partial charge in [0.05, 0.1) is 32.0 Å². The van der Waals surface area contributed by atoms with Gasteiger partial charge in [0, 0.05) is 44.8 Å². The molecule has 27 heavy (non-hydrogen) atoms. The van der Waals surface area contributed by atoms with Crippen LogP contribution < -0.4 is 5.69 Å². The van der Waals surface area contributed by atoms with Crippen LogP contribution in [-0.4, -0.2) is 82.8 Å². The van der Waals surface area contributed by atoms with E-state index in [-0.39, 0.29) is 23.7 Å². The Kier molecular flexibility index (Phi) is 5.33. The number of rotatable bonds is 4. The average Bonchev–Trinajstić information content (AvgIpc) is 3.15. The molecule has 2 saturated heterocycles. The summed E-state index contributed by atoms with van der Waals surface area (Å²) >= 11 is 0. The van der Waals surface area contributed by atoms with E-state index in [1.54, 1.807) is 17.3 Å². The number of hydrogen-bond acceptors (Lipinski definition) is 6. The van der Waals surface area contributed by atoms with E-state index in [0.717, 1.165) is 18.7 Å². The number of aromatic nitrogens is 3. The molecular weight excluding hydrogens is 350 g/mol. The monoisotopic (exact) mass is 373 g/mol. The summed E-state index contributed by atoms with van der Waals surface area (Å²) in [5, 5.41) is 0. The fraction of sp³-hybridized carbons (Fsp3) is 0.500. The van der Waals surface area contributed by atoms with Crippen molar-refractivity contribution in [2.24, 2.45) is 0 Å². The lowest BCUT2D eigenvalue weighted by atomic mass is 9.98. The van der Waals surface area contributed by atoms with E-state index in [1.807, 2.05) is 12.1 Å². The van der Waals surface area contributed by atoms with Crippen LogP contribution in [0, 0.1) is 0 Å². The van der Waals surface area contributed by atoms with Gasteiger partial charge in [-0.05, 0) is 11.6 Å². The maximum atomic E-state index is 13.1. The molecule has 4 rings (SSSR count). The average molecular weight is 373 g/mol. The lowest BCUT2D eigenvalue weighted by Crippen LogP contribution is -2.53. The number of amides is 1. The summed E-state index contributed by atoms with van der Waals surface area (Å²) in [5.41, 5.74) is 0.775. The van der Waals surface area contributed by atoms with Crippen LogP contribution >= 0.6 is 0 Å². The largest absolute Gasteiger partial charge is 0.379 e. The molecule has 0 bridgehead atoms. The van der Waals surface area contributed by atoms with E-state index in [2.05, 4.69) is 19.9 Å². The van der Waals surface area contributed by atoms with Gasteiger partial charge in [-0.25, -0.2) is 4.79 Å². The number of hydrogen-bond donors (Lipinski definition) is 2. The molecule has 9 heteroatoms. The fourth-order valence-corrected chi connectivity index (χ4v) is 3.70. The Bertz CT molecular complexity index is 814. The highest BCUT2D eigenvalue weighted by molar-refractivity contribution is 5.92. The van der Waals surface area contributed by atoms with E-state index in [4.69, 9.17) is 9.47 Å². The van der Waals surface area contributed by atoms with Crippen molar-refractivity contribution >= 4 is 5.91 Å². The number of nitrogens with zero attached hydrogens (tertiary/aromatic N) is 3. The molecule has 0 aromatic carbocycles. The minimum Gasteiger partial charge on any atom is -0.379 e. The first kappa shape index (κ1) is 17.9. The maximum absolute atomic E-state index is 13.1. The van der Waals surface area contributed by atoms with Gasteiger partial charge in [0.15, 0.2) is 0 Å². The molecule has 0 radical (unpaired) electrons. The Morgan fingerprint density at radius 2 is 2.11 bits per heavy atom. The molecule has 2 aliphatic heterocycles. The van der Waals surface area contributed by atoms with Crippen LogP contribution in [0.3, 0.4) is 0 Å². The van der Waals surface area contributed by atoms with Crippen molar-refractivity contribution in [3.05, 3.63) is 52.5 Å². The Labute approximate surface area is 156 Å². The second-order valence-corrected chi connectivity index (χ2v) is 6.71. The minimum absolute atomic E-state index is 0.185. The Hall–Kier alpha value is -2.49. The molecule has 2 fully saturated rings. The summed E-state index contributed by atoms with van der Waals surface area (Å²) in [6.45, 7) is 4.71. The number of aromatic amines is 2. The van der Waals surface area contributed by atoms with E-state index in [0.29, 0.717) is 32.9 Å². The molecule has 2 aliphatic rings. The van der Waals surface area contributed by atoms with Gasteiger partial charge in [0.2, 0.25) is 0 Å². The lowest BCUT2D eigenvalue weighted by Gasteiger charge is -2.43.